The lowest BCUT2D eigenvalue weighted by molar-refractivity contribution is -0.145. The molecule has 6 N–H and O–H groups in total. The maximum absolute atomic E-state index is 15.1. The van der Waals surface area contributed by atoms with Crippen molar-refractivity contribution in [3.63, 3.8) is 0 Å². The van der Waals surface area contributed by atoms with Crippen LogP contribution in [0.15, 0.2) is 19.0 Å². The highest BCUT2D eigenvalue weighted by molar-refractivity contribution is 7.95. The van der Waals surface area contributed by atoms with E-state index in [0.717, 1.165) is 56.6 Å². The van der Waals surface area contributed by atoms with E-state index >= 15 is 4.79 Å². The number of amides is 5. The highest BCUT2D eigenvalue weighted by Gasteiger charge is 2.85. The second-order valence-electron chi connectivity index (χ2n) is 20.1. The Balaban J connectivity index is 1.12. The quantitative estimate of drug-likeness (QED) is 0.145. The number of carbonyl (C=O) groups excluding carboxylic acids is 5. The lowest BCUT2D eigenvalue weighted by atomic mass is 9.73. The fourth-order valence-corrected chi connectivity index (χ4v) is 11.5. The minimum absolute atomic E-state index is 0.0458. The van der Waals surface area contributed by atoms with E-state index in [2.05, 4.69) is 60.7 Å². The second kappa shape index (κ2) is 14.1. The van der Waals surface area contributed by atoms with E-state index < -0.39 is 46.4 Å². The van der Waals surface area contributed by atoms with Crippen molar-refractivity contribution in [1.29, 1.82) is 0 Å². The van der Waals surface area contributed by atoms with Gasteiger partial charge in [-0.05, 0) is 60.2 Å². The van der Waals surface area contributed by atoms with Crippen LogP contribution in [0.4, 0.5) is 0 Å². The molecule has 1 aromatic heterocycles. The molecule has 2 saturated heterocycles. The minimum atomic E-state index is -1.13. The van der Waals surface area contributed by atoms with Crippen LogP contribution in [0.25, 0.3) is 0 Å². The molecule has 14 nitrogen and oxygen atoms in total. The molecule has 0 radical (unpaired) electrons. The smallest absolute Gasteiger partial charge is 0.257 e. The van der Waals surface area contributed by atoms with E-state index in [-0.39, 0.29) is 45.8 Å². The number of hydrogen-bond acceptors (Lipinski definition) is 9. The zero-order chi connectivity index (χ0) is 40.6. The van der Waals surface area contributed by atoms with Gasteiger partial charge >= 0.3 is 0 Å². The fourth-order valence-electron chi connectivity index (χ4n) is 10.7. The highest BCUT2D eigenvalue weighted by atomic mass is 32.2. The summed E-state index contributed by atoms with van der Waals surface area (Å²) in [5, 5.41) is 12.4. The first-order valence-corrected chi connectivity index (χ1v) is 21.3. The van der Waals surface area contributed by atoms with Crippen molar-refractivity contribution in [2.24, 2.45) is 33.0 Å². The van der Waals surface area contributed by atoms with Crippen molar-refractivity contribution in [3.05, 3.63) is 30.4 Å². The monoisotopic (exact) mass is 793 g/mol. The number of aromatic amines is 1. The van der Waals surface area contributed by atoms with Crippen molar-refractivity contribution in [3.8, 4) is 0 Å². The molecule has 56 heavy (non-hydrogen) atoms. The van der Waals surface area contributed by atoms with Gasteiger partial charge in [0.1, 0.15) is 23.7 Å². The standard InChI is InChI=1S/C41H63N9O5S/c1-10-24-19-41(24,35(55)48-56-49-16-11-12-17-49)47-32(52)28-20-40(38(8,9)39(40)14-13-15-39)22-50(28)34(54)30(37(5,6)7)46-33(53)29(36(2,3)4)45-31(51)26-18-25-27(21-42-26)44-23-43-25/h10,23-24,26,28-30,42H,1,11-22H2,2-9H3,(H,43,44)(H,45,51)(H,46,53)(H,47,52)(H,48,55). The van der Waals surface area contributed by atoms with Crippen molar-refractivity contribution in [2.45, 2.75) is 143 Å². The van der Waals surface area contributed by atoms with Crippen LogP contribution in [0.2, 0.25) is 0 Å². The number of carbonyl (C=O) groups is 5. The largest absolute Gasteiger partial charge is 0.347 e. The number of likely N-dealkylation sites (tertiary alicyclic amines) is 1. The summed E-state index contributed by atoms with van der Waals surface area (Å²) in [6, 6.07) is -3.35. The Hall–Kier alpha value is -3.43. The average molecular weight is 794 g/mol. The third kappa shape index (κ3) is 6.66. The first kappa shape index (κ1) is 40.8. The Bertz CT molecular complexity index is 1770. The molecule has 7 unspecified atom stereocenters. The van der Waals surface area contributed by atoms with Gasteiger partial charge in [-0.15, -0.1) is 6.58 Å². The molecule has 0 aromatic carbocycles. The Morgan fingerprint density at radius 3 is 2.20 bits per heavy atom. The summed E-state index contributed by atoms with van der Waals surface area (Å²) < 4.78 is 5.11. The van der Waals surface area contributed by atoms with Gasteiger partial charge in [-0.1, -0.05) is 67.9 Å². The van der Waals surface area contributed by atoms with E-state index in [0.29, 0.717) is 32.4 Å². The molecule has 15 heteroatoms. The molecule has 2 spiro atoms. The maximum atomic E-state index is 15.1. The van der Waals surface area contributed by atoms with Crippen molar-refractivity contribution < 1.29 is 24.0 Å². The number of hydrogen-bond donors (Lipinski definition) is 6. The lowest BCUT2D eigenvalue weighted by Crippen LogP contribution is -2.63. The van der Waals surface area contributed by atoms with Gasteiger partial charge < -0.3 is 25.8 Å². The summed E-state index contributed by atoms with van der Waals surface area (Å²) in [5.41, 5.74) is -1.11. The number of nitrogens with one attached hydrogen (secondary N) is 6. The van der Waals surface area contributed by atoms with Crippen LogP contribution in [-0.4, -0.2) is 98.0 Å². The first-order valence-electron chi connectivity index (χ1n) is 20.5. The molecule has 0 bridgehead atoms. The highest BCUT2D eigenvalue weighted by Crippen LogP contribution is 2.88. The summed E-state index contributed by atoms with van der Waals surface area (Å²) in [4.78, 5) is 80.7. The summed E-state index contributed by atoms with van der Waals surface area (Å²) in [5.74, 6) is -1.96. The van der Waals surface area contributed by atoms with Crippen LogP contribution in [-0.2, 0) is 36.9 Å². The van der Waals surface area contributed by atoms with Gasteiger partial charge in [0.05, 0.1) is 23.8 Å². The normalized spacial score (nSPS) is 31.1. The van der Waals surface area contributed by atoms with Crippen LogP contribution < -0.4 is 26.0 Å². The van der Waals surface area contributed by atoms with Crippen molar-refractivity contribution in [2.75, 3.05) is 19.6 Å². The van der Waals surface area contributed by atoms with Gasteiger partial charge in [0.15, 0.2) is 0 Å². The van der Waals surface area contributed by atoms with Gasteiger partial charge in [-0.25, -0.2) is 9.29 Å². The molecule has 1 aromatic rings. The molecule has 6 aliphatic rings. The van der Waals surface area contributed by atoms with Crippen LogP contribution in [0.5, 0.6) is 0 Å². The van der Waals surface area contributed by atoms with Crippen LogP contribution in [0.1, 0.15) is 112 Å². The molecule has 3 aliphatic carbocycles. The van der Waals surface area contributed by atoms with E-state index in [4.69, 9.17) is 0 Å². The summed E-state index contributed by atoms with van der Waals surface area (Å²) in [6.07, 6.45) is 10.0. The Labute approximate surface area is 335 Å². The van der Waals surface area contributed by atoms with Gasteiger partial charge in [0, 0.05) is 56.1 Å². The van der Waals surface area contributed by atoms with Gasteiger partial charge in [0.2, 0.25) is 23.6 Å². The van der Waals surface area contributed by atoms with Crippen molar-refractivity contribution in [1.82, 2.24) is 45.2 Å². The molecular formula is C41H63N9O5S. The number of H-pyrrole nitrogens is 1. The molecule has 5 amide bonds. The molecule has 3 saturated carbocycles. The van der Waals surface area contributed by atoms with E-state index in [1.807, 2.05) is 41.5 Å². The average Bonchev–Trinajstić information content (AvgIpc) is 3.52. The van der Waals surface area contributed by atoms with Crippen LogP contribution in [0.3, 0.4) is 0 Å². The number of rotatable bonds is 11. The Morgan fingerprint density at radius 2 is 1.62 bits per heavy atom. The van der Waals surface area contributed by atoms with Crippen LogP contribution in [0, 0.1) is 33.0 Å². The van der Waals surface area contributed by atoms with Gasteiger partial charge in [-0.3, -0.25) is 34.0 Å². The molecule has 4 heterocycles. The molecule has 7 rings (SSSR count). The molecule has 3 aliphatic heterocycles. The Kier molecular flexibility index (Phi) is 10.3. The van der Waals surface area contributed by atoms with Crippen LogP contribution >= 0.6 is 12.1 Å². The molecule has 7 atom stereocenters. The zero-order valence-electron chi connectivity index (χ0n) is 34.5. The van der Waals surface area contributed by atoms with E-state index in [9.17, 15) is 19.2 Å². The first-order chi connectivity index (χ1) is 26.2. The summed E-state index contributed by atoms with van der Waals surface area (Å²) in [7, 11) is 0. The molecular weight excluding hydrogens is 731 g/mol. The van der Waals surface area contributed by atoms with Crippen molar-refractivity contribution >= 4 is 41.7 Å². The van der Waals surface area contributed by atoms with Gasteiger partial charge in [0.25, 0.3) is 5.91 Å². The number of aromatic nitrogens is 2. The summed E-state index contributed by atoms with van der Waals surface area (Å²) >= 11 is 1.29. The summed E-state index contributed by atoms with van der Waals surface area (Å²) in [6.45, 7) is 22.5. The van der Waals surface area contributed by atoms with E-state index in [1.54, 1.807) is 17.3 Å². The lowest BCUT2D eigenvalue weighted by Gasteiger charge is -2.38. The molecule has 308 valence electrons. The zero-order valence-corrected chi connectivity index (χ0v) is 35.3. The maximum Gasteiger partial charge on any atom is 0.257 e. The number of nitrogens with zero attached hydrogens (tertiary/aromatic N) is 3. The van der Waals surface area contributed by atoms with E-state index in [1.165, 1.54) is 12.1 Å². The fraction of sp³-hybridized carbons (Fsp3) is 0.756. The third-order valence-electron chi connectivity index (χ3n) is 14.6. The number of imidazole rings is 1. The SMILES string of the molecule is C=CC1CC1(NC(=O)C1CC2(CN1C(=O)C(NC(=O)C(NC(=O)C1Cc3nc[nH]c3CN1)C(C)(C)C)C(C)(C)C)C(C)(C)C21CCC1)C(=O)NSN1CCCC1. The predicted octanol–water partition coefficient (Wildman–Crippen LogP) is 3.12. The third-order valence-corrected chi connectivity index (χ3v) is 15.5. The minimum Gasteiger partial charge on any atom is -0.347 e. The Morgan fingerprint density at radius 1 is 0.946 bits per heavy atom. The predicted molar refractivity (Wildman–Crippen MR) is 214 cm³/mol. The topological polar surface area (TPSA) is 181 Å². The number of fused-ring (bicyclic) bond motifs is 2. The molecule has 5 fully saturated rings. The van der Waals surface area contributed by atoms with Gasteiger partial charge in [-0.2, -0.15) is 0 Å². The second-order valence-corrected chi connectivity index (χ2v) is 21.0.